The largest absolute Gasteiger partial charge is 0.346 e. The lowest BCUT2D eigenvalue weighted by atomic mass is 10.0. The maximum atomic E-state index is 13.2. The Hall–Kier alpha value is -3.80. The number of halogens is 1. The lowest BCUT2D eigenvalue weighted by Crippen LogP contribution is -2.29. The van der Waals surface area contributed by atoms with E-state index in [1.807, 2.05) is 37.3 Å². The van der Waals surface area contributed by atoms with Crippen LogP contribution in [0.1, 0.15) is 49.6 Å². The molecule has 1 aliphatic heterocycles. The predicted molar refractivity (Wildman–Crippen MR) is 106 cm³/mol. The predicted octanol–water partition coefficient (Wildman–Crippen LogP) is 4.12. The lowest BCUT2D eigenvalue weighted by molar-refractivity contribution is 0.0921. The quantitative estimate of drug-likeness (QED) is 0.684. The minimum atomic E-state index is -0.539. The molecule has 0 radical (unpaired) electrons. The molecule has 6 heteroatoms. The van der Waals surface area contributed by atoms with Crippen LogP contribution in [0.25, 0.3) is 0 Å². The van der Waals surface area contributed by atoms with Crippen LogP contribution in [0.5, 0.6) is 0 Å². The molecular formula is C23H17FN2O3. The highest BCUT2D eigenvalue weighted by Crippen LogP contribution is 2.29. The van der Waals surface area contributed by atoms with Crippen molar-refractivity contribution in [2.45, 2.75) is 13.0 Å². The minimum Gasteiger partial charge on any atom is -0.346 e. The molecule has 0 saturated heterocycles. The molecule has 0 fully saturated rings. The lowest BCUT2D eigenvalue weighted by Gasteiger charge is -2.14. The number of hydrogen-bond donors (Lipinski definition) is 1. The summed E-state index contributed by atoms with van der Waals surface area (Å²) in [4.78, 5) is 39.1. The summed E-state index contributed by atoms with van der Waals surface area (Å²) in [6.07, 6.45) is 0. The van der Waals surface area contributed by atoms with E-state index < -0.39 is 17.6 Å². The molecule has 144 valence electrons. The Morgan fingerprint density at radius 2 is 1.55 bits per heavy atom. The van der Waals surface area contributed by atoms with Gasteiger partial charge in [0.1, 0.15) is 5.82 Å². The van der Waals surface area contributed by atoms with Crippen LogP contribution in [0.4, 0.5) is 10.1 Å². The van der Waals surface area contributed by atoms with Gasteiger partial charge in [-0.2, -0.15) is 0 Å². The molecule has 0 aliphatic carbocycles. The Labute approximate surface area is 166 Å². The number of nitrogens with zero attached hydrogens (tertiary/aromatic N) is 1. The van der Waals surface area contributed by atoms with Crippen molar-refractivity contribution in [2.24, 2.45) is 0 Å². The van der Waals surface area contributed by atoms with Crippen molar-refractivity contribution in [2.75, 3.05) is 4.90 Å². The molecule has 1 atom stereocenters. The SMILES string of the molecule is C[C@@H](NC(=O)c1ccc2c(c1)C(=O)N(c1ccc(F)cc1)C2=O)c1ccccc1. The van der Waals surface area contributed by atoms with Crippen LogP contribution in [-0.2, 0) is 0 Å². The third kappa shape index (κ3) is 3.40. The number of hydrogen-bond acceptors (Lipinski definition) is 3. The first-order valence-corrected chi connectivity index (χ1v) is 9.10. The van der Waals surface area contributed by atoms with E-state index in [0.29, 0.717) is 0 Å². The summed E-state index contributed by atoms with van der Waals surface area (Å²) in [5.74, 6) is -1.84. The molecule has 0 aromatic heterocycles. The molecule has 3 amide bonds. The Balaban J connectivity index is 1.58. The summed E-state index contributed by atoms with van der Waals surface area (Å²) in [6.45, 7) is 1.87. The van der Waals surface area contributed by atoms with Crippen LogP contribution in [0, 0.1) is 5.82 Å². The van der Waals surface area contributed by atoms with Crippen LogP contribution < -0.4 is 10.2 Å². The number of benzene rings is 3. The molecule has 4 rings (SSSR count). The van der Waals surface area contributed by atoms with Gasteiger partial charge >= 0.3 is 0 Å². The highest BCUT2D eigenvalue weighted by Gasteiger charge is 2.37. The van der Waals surface area contributed by atoms with Crippen LogP contribution >= 0.6 is 0 Å². The number of anilines is 1. The average molecular weight is 388 g/mol. The average Bonchev–Trinajstić information content (AvgIpc) is 2.99. The van der Waals surface area contributed by atoms with Gasteiger partial charge in [-0.25, -0.2) is 9.29 Å². The fourth-order valence-electron chi connectivity index (χ4n) is 3.31. The van der Waals surface area contributed by atoms with E-state index in [1.165, 1.54) is 42.5 Å². The fraction of sp³-hybridized carbons (Fsp3) is 0.0870. The van der Waals surface area contributed by atoms with Crippen LogP contribution in [0.2, 0.25) is 0 Å². The van der Waals surface area contributed by atoms with E-state index in [0.717, 1.165) is 10.5 Å². The van der Waals surface area contributed by atoms with Crippen molar-refractivity contribution in [3.8, 4) is 0 Å². The Morgan fingerprint density at radius 1 is 0.897 bits per heavy atom. The first-order chi connectivity index (χ1) is 14.0. The monoisotopic (exact) mass is 388 g/mol. The standard InChI is InChI=1S/C23H17FN2O3/c1-14(15-5-3-2-4-6-15)25-21(27)16-7-12-19-20(13-16)23(29)26(22(19)28)18-10-8-17(24)9-11-18/h2-14H,1H3,(H,25,27)/t14-/m1/s1. The summed E-state index contributed by atoms with van der Waals surface area (Å²) in [6, 6.07) is 18.8. The van der Waals surface area contributed by atoms with Crippen molar-refractivity contribution in [3.05, 3.63) is 101 Å². The van der Waals surface area contributed by atoms with Crippen LogP contribution in [-0.4, -0.2) is 17.7 Å². The maximum absolute atomic E-state index is 13.2. The van der Waals surface area contributed by atoms with Crippen molar-refractivity contribution in [1.82, 2.24) is 5.32 Å². The van der Waals surface area contributed by atoms with Gasteiger partial charge in [0.25, 0.3) is 17.7 Å². The van der Waals surface area contributed by atoms with Crippen LogP contribution in [0.3, 0.4) is 0 Å². The second-order valence-corrected chi connectivity index (χ2v) is 6.79. The smallest absolute Gasteiger partial charge is 0.266 e. The summed E-state index contributed by atoms with van der Waals surface area (Å²) in [7, 11) is 0. The summed E-state index contributed by atoms with van der Waals surface area (Å²) in [5.41, 5.74) is 1.89. The molecular weight excluding hydrogens is 371 g/mol. The van der Waals surface area contributed by atoms with Crippen molar-refractivity contribution in [1.29, 1.82) is 0 Å². The molecule has 0 spiro atoms. The summed E-state index contributed by atoms with van der Waals surface area (Å²) in [5, 5.41) is 2.89. The maximum Gasteiger partial charge on any atom is 0.266 e. The number of imide groups is 1. The molecule has 1 N–H and O–H groups in total. The van der Waals surface area contributed by atoms with Gasteiger partial charge in [0.15, 0.2) is 0 Å². The highest BCUT2D eigenvalue weighted by molar-refractivity contribution is 6.34. The summed E-state index contributed by atoms with van der Waals surface area (Å²) >= 11 is 0. The third-order valence-corrected chi connectivity index (χ3v) is 4.88. The van der Waals surface area contributed by atoms with Gasteiger partial charge in [0.2, 0.25) is 0 Å². The van der Waals surface area contributed by atoms with E-state index in [9.17, 15) is 18.8 Å². The van der Waals surface area contributed by atoms with E-state index in [-0.39, 0.29) is 34.3 Å². The number of fused-ring (bicyclic) bond motifs is 1. The second-order valence-electron chi connectivity index (χ2n) is 6.79. The van der Waals surface area contributed by atoms with Crippen molar-refractivity contribution < 1.29 is 18.8 Å². The van der Waals surface area contributed by atoms with Gasteiger partial charge in [-0.3, -0.25) is 14.4 Å². The molecule has 0 saturated carbocycles. The van der Waals surface area contributed by atoms with Crippen molar-refractivity contribution in [3.63, 3.8) is 0 Å². The Morgan fingerprint density at radius 3 is 2.24 bits per heavy atom. The van der Waals surface area contributed by atoms with E-state index in [1.54, 1.807) is 0 Å². The number of carbonyl (C=O) groups is 3. The zero-order chi connectivity index (χ0) is 20.5. The summed E-state index contributed by atoms with van der Waals surface area (Å²) < 4.78 is 13.2. The Kier molecular flexibility index (Phi) is 4.68. The van der Waals surface area contributed by atoms with E-state index in [4.69, 9.17) is 0 Å². The number of rotatable bonds is 4. The van der Waals surface area contributed by atoms with Crippen LogP contribution in [0.15, 0.2) is 72.8 Å². The highest BCUT2D eigenvalue weighted by atomic mass is 19.1. The Bertz CT molecular complexity index is 1110. The molecule has 5 nitrogen and oxygen atoms in total. The van der Waals surface area contributed by atoms with E-state index in [2.05, 4.69) is 5.32 Å². The zero-order valence-electron chi connectivity index (χ0n) is 15.6. The second kappa shape index (κ2) is 7.31. The normalized spacial score (nSPS) is 13.9. The number of amides is 3. The topological polar surface area (TPSA) is 66.5 Å². The molecule has 3 aromatic rings. The van der Waals surface area contributed by atoms with Gasteiger partial charge in [-0.1, -0.05) is 30.3 Å². The van der Waals surface area contributed by atoms with Gasteiger partial charge in [0, 0.05) is 5.56 Å². The number of carbonyl (C=O) groups excluding carboxylic acids is 3. The molecule has 3 aromatic carbocycles. The third-order valence-electron chi connectivity index (χ3n) is 4.88. The zero-order valence-corrected chi connectivity index (χ0v) is 15.6. The molecule has 29 heavy (non-hydrogen) atoms. The first-order valence-electron chi connectivity index (χ1n) is 9.10. The first kappa shape index (κ1) is 18.6. The van der Waals surface area contributed by atoms with Gasteiger partial charge < -0.3 is 5.32 Å². The van der Waals surface area contributed by atoms with Gasteiger partial charge in [-0.05, 0) is 55.0 Å². The van der Waals surface area contributed by atoms with Crippen molar-refractivity contribution >= 4 is 23.4 Å². The molecule has 1 aliphatic rings. The molecule has 0 unspecified atom stereocenters. The minimum absolute atomic E-state index is 0.152. The number of nitrogens with one attached hydrogen (secondary N) is 1. The molecule has 0 bridgehead atoms. The fourth-order valence-corrected chi connectivity index (χ4v) is 3.31. The van der Waals surface area contributed by atoms with E-state index >= 15 is 0 Å². The van der Waals surface area contributed by atoms with Gasteiger partial charge in [0.05, 0.1) is 22.9 Å². The molecule has 1 heterocycles. The van der Waals surface area contributed by atoms with Gasteiger partial charge in [-0.15, -0.1) is 0 Å².